The van der Waals surface area contributed by atoms with Crippen molar-refractivity contribution in [2.45, 2.75) is 46.2 Å². The fourth-order valence-corrected chi connectivity index (χ4v) is 1.88. The number of aromatic nitrogens is 2. The highest BCUT2D eigenvalue weighted by atomic mass is 15.3. The average molecular weight is 238 g/mol. The van der Waals surface area contributed by atoms with E-state index in [1.54, 1.807) is 0 Å². The van der Waals surface area contributed by atoms with E-state index in [2.05, 4.69) is 43.0 Å². The average Bonchev–Trinajstić information content (AvgIpc) is 2.75. The molecule has 0 spiro atoms. The van der Waals surface area contributed by atoms with Crippen LogP contribution in [0, 0.1) is 0 Å². The monoisotopic (exact) mass is 238 g/mol. The van der Waals surface area contributed by atoms with Crippen LogP contribution >= 0.6 is 0 Å². The Morgan fingerprint density at radius 3 is 2.71 bits per heavy atom. The summed E-state index contributed by atoms with van der Waals surface area (Å²) in [5.41, 5.74) is 6.72. The van der Waals surface area contributed by atoms with Gasteiger partial charge in [-0.15, -0.1) is 0 Å². The van der Waals surface area contributed by atoms with Gasteiger partial charge in [-0.25, -0.2) is 0 Å². The first-order chi connectivity index (χ1) is 8.17. The largest absolute Gasteiger partial charge is 0.330 e. The van der Waals surface area contributed by atoms with E-state index in [9.17, 15) is 0 Å². The zero-order chi connectivity index (χ0) is 12.7. The second-order valence-electron chi connectivity index (χ2n) is 4.80. The molecule has 0 aliphatic rings. The lowest BCUT2D eigenvalue weighted by Gasteiger charge is -2.20. The highest BCUT2D eigenvalue weighted by Gasteiger charge is 2.07. The van der Waals surface area contributed by atoms with E-state index in [0.29, 0.717) is 6.04 Å². The smallest absolute Gasteiger partial charge is 0.0764 e. The Bertz CT molecular complexity index is 306. The molecule has 0 bridgehead atoms. The van der Waals surface area contributed by atoms with Gasteiger partial charge in [-0.2, -0.15) is 5.10 Å². The number of hydrogen-bond donors (Lipinski definition) is 1. The number of nitrogens with zero attached hydrogens (tertiary/aromatic N) is 3. The Morgan fingerprint density at radius 2 is 2.18 bits per heavy atom. The van der Waals surface area contributed by atoms with Gasteiger partial charge in [0.15, 0.2) is 0 Å². The van der Waals surface area contributed by atoms with Crippen LogP contribution in [0.25, 0.3) is 0 Å². The van der Waals surface area contributed by atoms with E-state index >= 15 is 0 Å². The molecule has 98 valence electrons. The van der Waals surface area contributed by atoms with Gasteiger partial charge in [-0.3, -0.25) is 9.58 Å². The van der Waals surface area contributed by atoms with Gasteiger partial charge in [-0.1, -0.05) is 6.92 Å². The summed E-state index contributed by atoms with van der Waals surface area (Å²) in [5, 5.41) is 4.58. The molecule has 0 aliphatic carbocycles. The van der Waals surface area contributed by atoms with Crippen LogP contribution in [0.1, 0.15) is 45.3 Å². The molecule has 1 heterocycles. The van der Waals surface area contributed by atoms with Gasteiger partial charge in [0.1, 0.15) is 0 Å². The second-order valence-corrected chi connectivity index (χ2v) is 4.80. The van der Waals surface area contributed by atoms with E-state index < -0.39 is 0 Å². The molecule has 4 heteroatoms. The third kappa shape index (κ3) is 4.88. The highest BCUT2D eigenvalue weighted by molar-refractivity contribution is 4.99. The summed E-state index contributed by atoms with van der Waals surface area (Å²) < 4.78 is 2.02. The van der Waals surface area contributed by atoms with E-state index in [1.807, 2.05) is 4.68 Å². The van der Waals surface area contributed by atoms with Crippen molar-refractivity contribution in [1.29, 1.82) is 0 Å². The lowest BCUT2D eigenvalue weighted by atomic mass is 10.3. The van der Waals surface area contributed by atoms with E-state index in [0.717, 1.165) is 38.3 Å². The Labute approximate surface area is 105 Å². The molecule has 0 amide bonds. The van der Waals surface area contributed by atoms with Gasteiger partial charge >= 0.3 is 0 Å². The van der Waals surface area contributed by atoms with Gasteiger partial charge in [-0.05, 0) is 52.4 Å². The Kier molecular flexibility index (Phi) is 6.22. The van der Waals surface area contributed by atoms with Gasteiger partial charge < -0.3 is 5.73 Å². The van der Waals surface area contributed by atoms with E-state index in [4.69, 9.17) is 5.73 Å². The molecular formula is C13H26N4. The molecule has 0 aromatic carbocycles. The Hall–Kier alpha value is -0.870. The maximum Gasteiger partial charge on any atom is 0.0764 e. The zero-order valence-corrected chi connectivity index (χ0v) is 11.4. The van der Waals surface area contributed by atoms with E-state index in [-0.39, 0.29) is 0 Å². The molecule has 0 fully saturated rings. The molecule has 4 nitrogen and oxygen atoms in total. The molecule has 2 N–H and O–H groups in total. The first-order valence-electron chi connectivity index (χ1n) is 6.63. The van der Waals surface area contributed by atoms with Crippen LogP contribution in [-0.4, -0.2) is 34.3 Å². The quantitative estimate of drug-likeness (QED) is 0.754. The van der Waals surface area contributed by atoms with Crippen LogP contribution in [0.2, 0.25) is 0 Å². The van der Waals surface area contributed by atoms with Crippen molar-refractivity contribution in [3.05, 3.63) is 18.0 Å². The van der Waals surface area contributed by atoms with Crippen LogP contribution in [0.3, 0.4) is 0 Å². The van der Waals surface area contributed by atoms with Gasteiger partial charge in [0, 0.05) is 18.8 Å². The standard InChI is InChI=1S/C13H26N4/c1-4-8-16(9-5-7-14)11-13-6-10-17(15-13)12(2)3/h6,10,12H,4-5,7-9,11,14H2,1-3H3. The molecule has 0 radical (unpaired) electrons. The minimum Gasteiger partial charge on any atom is -0.330 e. The number of rotatable bonds is 8. The summed E-state index contributed by atoms with van der Waals surface area (Å²) in [5.74, 6) is 0. The summed E-state index contributed by atoms with van der Waals surface area (Å²) in [6.45, 7) is 10.4. The van der Waals surface area contributed by atoms with Crippen molar-refractivity contribution >= 4 is 0 Å². The molecule has 0 aliphatic heterocycles. The van der Waals surface area contributed by atoms with E-state index in [1.165, 1.54) is 6.42 Å². The topological polar surface area (TPSA) is 47.1 Å². The molecule has 0 unspecified atom stereocenters. The molecular weight excluding hydrogens is 212 g/mol. The summed E-state index contributed by atoms with van der Waals surface area (Å²) in [4.78, 5) is 2.43. The van der Waals surface area contributed by atoms with Crippen molar-refractivity contribution in [2.24, 2.45) is 5.73 Å². The fraction of sp³-hybridized carbons (Fsp3) is 0.769. The Morgan fingerprint density at radius 1 is 1.41 bits per heavy atom. The molecule has 1 aromatic heterocycles. The third-order valence-electron chi connectivity index (χ3n) is 2.80. The van der Waals surface area contributed by atoms with Crippen LogP contribution in [0.4, 0.5) is 0 Å². The summed E-state index contributed by atoms with van der Waals surface area (Å²) in [6, 6.07) is 2.55. The molecule has 1 aromatic rings. The Balaban J connectivity index is 2.52. The van der Waals surface area contributed by atoms with Crippen LogP contribution in [0.5, 0.6) is 0 Å². The predicted octanol–water partition coefficient (Wildman–Crippen LogP) is 2.02. The minimum atomic E-state index is 0.437. The molecule has 1 rings (SSSR count). The van der Waals surface area contributed by atoms with Gasteiger partial charge in [0.05, 0.1) is 5.69 Å². The van der Waals surface area contributed by atoms with Gasteiger partial charge in [0.25, 0.3) is 0 Å². The third-order valence-corrected chi connectivity index (χ3v) is 2.80. The van der Waals surface area contributed by atoms with Crippen molar-refractivity contribution in [1.82, 2.24) is 14.7 Å². The lowest BCUT2D eigenvalue weighted by molar-refractivity contribution is 0.260. The molecule has 17 heavy (non-hydrogen) atoms. The molecule has 0 atom stereocenters. The van der Waals surface area contributed by atoms with Crippen molar-refractivity contribution in [3.63, 3.8) is 0 Å². The van der Waals surface area contributed by atoms with Crippen molar-refractivity contribution < 1.29 is 0 Å². The highest BCUT2D eigenvalue weighted by Crippen LogP contribution is 2.07. The fourth-order valence-electron chi connectivity index (χ4n) is 1.88. The van der Waals surface area contributed by atoms with Crippen LogP contribution in [0.15, 0.2) is 12.3 Å². The number of hydrogen-bond acceptors (Lipinski definition) is 3. The maximum absolute atomic E-state index is 5.56. The van der Waals surface area contributed by atoms with Crippen molar-refractivity contribution in [2.75, 3.05) is 19.6 Å². The molecule has 0 saturated heterocycles. The van der Waals surface area contributed by atoms with Crippen LogP contribution < -0.4 is 5.73 Å². The van der Waals surface area contributed by atoms with Crippen LogP contribution in [-0.2, 0) is 6.54 Å². The zero-order valence-electron chi connectivity index (χ0n) is 11.4. The number of nitrogens with two attached hydrogens (primary N) is 1. The predicted molar refractivity (Wildman–Crippen MR) is 71.9 cm³/mol. The SMILES string of the molecule is CCCN(CCCN)Cc1ccn(C(C)C)n1. The van der Waals surface area contributed by atoms with Crippen molar-refractivity contribution in [3.8, 4) is 0 Å². The summed E-state index contributed by atoms with van der Waals surface area (Å²) in [7, 11) is 0. The van der Waals surface area contributed by atoms with Gasteiger partial charge in [0.2, 0.25) is 0 Å². The first-order valence-corrected chi connectivity index (χ1v) is 6.63. The minimum absolute atomic E-state index is 0.437. The second kappa shape index (κ2) is 7.45. The lowest BCUT2D eigenvalue weighted by Crippen LogP contribution is -2.27. The summed E-state index contributed by atoms with van der Waals surface area (Å²) >= 11 is 0. The summed E-state index contributed by atoms with van der Waals surface area (Å²) in [6.07, 6.45) is 4.30. The normalized spacial score (nSPS) is 11.6. The molecule has 0 saturated carbocycles. The maximum atomic E-state index is 5.56. The first kappa shape index (κ1) is 14.2.